The van der Waals surface area contributed by atoms with Gasteiger partial charge in [-0.05, 0) is 43.5 Å². The number of aromatic nitrogens is 2. The zero-order valence-electron chi connectivity index (χ0n) is 10.5. The quantitative estimate of drug-likeness (QED) is 0.937. The molecule has 1 fully saturated rings. The Bertz CT molecular complexity index is 694. The van der Waals surface area contributed by atoms with Crippen LogP contribution >= 0.6 is 11.3 Å². The van der Waals surface area contributed by atoms with Crippen LogP contribution < -0.4 is 4.72 Å². The van der Waals surface area contributed by atoms with Crippen LogP contribution in [0.2, 0.25) is 0 Å². The van der Waals surface area contributed by atoms with Gasteiger partial charge in [-0.25, -0.2) is 13.1 Å². The van der Waals surface area contributed by atoms with Crippen LogP contribution in [0.5, 0.6) is 0 Å². The van der Waals surface area contributed by atoms with Gasteiger partial charge >= 0.3 is 0 Å². The Morgan fingerprint density at radius 1 is 1.42 bits per heavy atom. The van der Waals surface area contributed by atoms with Gasteiger partial charge in [-0.3, -0.25) is 0 Å². The van der Waals surface area contributed by atoms with Gasteiger partial charge in [0.15, 0.2) is 0 Å². The summed E-state index contributed by atoms with van der Waals surface area (Å²) in [5, 5.41) is 3.65. The summed E-state index contributed by atoms with van der Waals surface area (Å²) in [5.74, 6) is 0.818. The third kappa shape index (κ3) is 2.50. The Hall–Kier alpha value is -1.41. The number of aryl methyl sites for hydroxylation is 2. The molecule has 0 spiro atoms. The molecular weight excluding hydrogens is 286 g/mol. The lowest BCUT2D eigenvalue weighted by Gasteiger charge is -1.99. The SMILES string of the molecule is Cc1cc(S(=O)(=O)Nc2noc(C3CC3)n2)sc1C. The second kappa shape index (κ2) is 4.31. The summed E-state index contributed by atoms with van der Waals surface area (Å²) in [5.41, 5.74) is 0.956. The largest absolute Gasteiger partial charge is 0.337 e. The van der Waals surface area contributed by atoms with E-state index in [-0.39, 0.29) is 10.2 Å². The number of anilines is 1. The molecule has 0 radical (unpaired) electrons. The zero-order valence-corrected chi connectivity index (χ0v) is 12.1. The number of nitrogens with zero attached hydrogens (tertiary/aromatic N) is 2. The normalized spacial score (nSPS) is 15.7. The maximum atomic E-state index is 12.1. The van der Waals surface area contributed by atoms with Gasteiger partial charge in [-0.15, -0.1) is 11.3 Å². The van der Waals surface area contributed by atoms with Crippen molar-refractivity contribution in [3.63, 3.8) is 0 Å². The van der Waals surface area contributed by atoms with Crippen molar-refractivity contribution < 1.29 is 12.9 Å². The Morgan fingerprint density at radius 3 is 2.74 bits per heavy atom. The van der Waals surface area contributed by atoms with E-state index in [0.717, 1.165) is 23.3 Å². The Kier molecular flexibility index (Phi) is 2.86. The van der Waals surface area contributed by atoms with Gasteiger partial charge in [0.05, 0.1) is 0 Å². The summed E-state index contributed by atoms with van der Waals surface area (Å²) in [6.45, 7) is 3.77. The molecule has 2 heterocycles. The van der Waals surface area contributed by atoms with Gasteiger partial charge < -0.3 is 4.52 Å². The molecule has 3 rings (SSSR count). The van der Waals surface area contributed by atoms with Crippen LogP contribution in [0.4, 0.5) is 5.95 Å². The van der Waals surface area contributed by atoms with E-state index in [4.69, 9.17) is 4.52 Å². The van der Waals surface area contributed by atoms with Crippen molar-refractivity contribution in [3.8, 4) is 0 Å². The first-order chi connectivity index (χ1) is 8.95. The predicted molar refractivity (Wildman–Crippen MR) is 70.9 cm³/mol. The molecule has 1 aliphatic rings. The third-order valence-corrected chi connectivity index (χ3v) is 5.96. The second-order valence-electron chi connectivity index (χ2n) is 4.64. The maximum Gasteiger partial charge on any atom is 0.277 e. The highest BCUT2D eigenvalue weighted by molar-refractivity contribution is 7.94. The van der Waals surface area contributed by atoms with E-state index >= 15 is 0 Å². The van der Waals surface area contributed by atoms with E-state index in [2.05, 4.69) is 14.9 Å². The number of hydrogen-bond acceptors (Lipinski definition) is 6. The summed E-state index contributed by atoms with van der Waals surface area (Å²) in [6.07, 6.45) is 2.05. The van der Waals surface area contributed by atoms with Crippen molar-refractivity contribution in [2.45, 2.75) is 36.8 Å². The first-order valence-electron chi connectivity index (χ1n) is 5.89. The highest BCUT2D eigenvalue weighted by Crippen LogP contribution is 2.39. The molecule has 1 saturated carbocycles. The average Bonchev–Trinajstić information content (AvgIpc) is 3.00. The molecule has 2 aromatic rings. The standard InChI is InChI=1S/C11H13N3O3S2/c1-6-5-9(18-7(6)2)19(15,16)14-11-12-10(17-13-11)8-3-4-8/h5,8H,3-4H2,1-2H3,(H,13,14). The van der Waals surface area contributed by atoms with Crippen LogP contribution in [0.3, 0.4) is 0 Å². The Balaban J connectivity index is 1.83. The zero-order chi connectivity index (χ0) is 13.6. The highest BCUT2D eigenvalue weighted by atomic mass is 32.2. The fourth-order valence-corrected chi connectivity index (χ4v) is 4.07. The van der Waals surface area contributed by atoms with Gasteiger partial charge in [0.25, 0.3) is 16.0 Å². The van der Waals surface area contributed by atoms with E-state index in [0.29, 0.717) is 11.8 Å². The summed E-state index contributed by atoms with van der Waals surface area (Å²) < 4.78 is 31.9. The van der Waals surface area contributed by atoms with E-state index in [1.807, 2.05) is 13.8 Å². The molecule has 2 aromatic heterocycles. The van der Waals surface area contributed by atoms with Crippen molar-refractivity contribution in [2.24, 2.45) is 0 Å². The minimum atomic E-state index is -3.62. The molecule has 0 atom stereocenters. The second-order valence-corrected chi connectivity index (χ2v) is 7.81. The molecule has 1 N–H and O–H groups in total. The van der Waals surface area contributed by atoms with Crippen LogP contribution in [0, 0.1) is 13.8 Å². The van der Waals surface area contributed by atoms with Crippen molar-refractivity contribution in [2.75, 3.05) is 4.72 Å². The number of sulfonamides is 1. The Morgan fingerprint density at radius 2 is 2.16 bits per heavy atom. The first-order valence-corrected chi connectivity index (χ1v) is 8.19. The lowest BCUT2D eigenvalue weighted by Crippen LogP contribution is -2.12. The minimum Gasteiger partial charge on any atom is -0.337 e. The number of hydrogen-bond donors (Lipinski definition) is 1. The van der Waals surface area contributed by atoms with Crippen molar-refractivity contribution in [1.29, 1.82) is 0 Å². The lowest BCUT2D eigenvalue weighted by molar-refractivity contribution is 0.380. The molecule has 0 aromatic carbocycles. The van der Waals surface area contributed by atoms with Gasteiger partial charge in [0.2, 0.25) is 5.89 Å². The highest BCUT2D eigenvalue weighted by Gasteiger charge is 2.30. The minimum absolute atomic E-state index is 0.00519. The van der Waals surface area contributed by atoms with Crippen LogP contribution in [0.1, 0.15) is 35.1 Å². The van der Waals surface area contributed by atoms with Crippen LogP contribution in [-0.2, 0) is 10.0 Å². The molecule has 0 saturated heterocycles. The topological polar surface area (TPSA) is 85.1 Å². The van der Waals surface area contributed by atoms with Gasteiger partial charge in [0.1, 0.15) is 4.21 Å². The molecular formula is C11H13N3O3S2. The lowest BCUT2D eigenvalue weighted by atomic mass is 10.3. The average molecular weight is 299 g/mol. The van der Waals surface area contributed by atoms with E-state index < -0.39 is 10.0 Å². The molecule has 1 aliphatic carbocycles. The van der Waals surface area contributed by atoms with Crippen LogP contribution in [-0.4, -0.2) is 18.6 Å². The molecule has 102 valence electrons. The molecule has 0 unspecified atom stereocenters. The Labute approximate surface area is 114 Å². The first kappa shape index (κ1) is 12.6. The number of rotatable bonds is 4. The smallest absolute Gasteiger partial charge is 0.277 e. The monoisotopic (exact) mass is 299 g/mol. The van der Waals surface area contributed by atoms with Crippen LogP contribution in [0.25, 0.3) is 0 Å². The fraction of sp³-hybridized carbons (Fsp3) is 0.455. The van der Waals surface area contributed by atoms with Gasteiger partial charge in [-0.2, -0.15) is 4.98 Å². The maximum absolute atomic E-state index is 12.1. The van der Waals surface area contributed by atoms with E-state index in [1.165, 1.54) is 11.3 Å². The summed E-state index contributed by atoms with van der Waals surface area (Å²) in [6, 6.07) is 1.64. The molecule has 8 heteroatoms. The number of thiophene rings is 1. The summed E-state index contributed by atoms with van der Waals surface area (Å²) in [7, 11) is -3.62. The van der Waals surface area contributed by atoms with Gasteiger partial charge in [0, 0.05) is 10.8 Å². The predicted octanol–water partition coefficient (Wildman–Crippen LogP) is 2.43. The molecule has 0 aliphatic heterocycles. The number of nitrogens with one attached hydrogen (secondary N) is 1. The molecule has 0 amide bonds. The third-order valence-electron chi connectivity index (χ3n) is 3.00. The van der Waals surface area contributed by atoms with E-state index in [1.54, 1.807) is 6.07 Å². The van der Waals surface area contributed by atoms with E-state index in [9.17, 15) is 8.42 Å². The van der Waals surface area contributed by atoms with Crippen molar-refractivity contribution >= 4 is 27.3 Å². The van der Waals surface area contributed by atoms with Crippen molar-refractivity contribution in [1.82, 2.24) is 10.1 Å². The fourth-order valence-electron chi connectivity index (χ4n) is 1.61. The van der Waals surface area contributed by atoms with Crippen LogP contribution in [0.15, 0.2) is 14.8 Å². The molecule has 19 heavy (non-hydrogen) atoms. The van der Waals surface area contributed by atoms with Gasteiger partial charge in [-0.1, -0.05) is 0 Å². The molecule has 6 nitrogen and oxygen atoms in total. The summed E-state index contributed by atoms with van der Waals surface area (Å²) in [4.78, 5) is 5.03. The van der Waals surface area contributed by atoms with Crippen molar-refractivity contribution in [3.05, 3.63) is 22.4 Å². The summed E-state index contributed by atoms with van der Waals surface area (Å²) >= 11 is 1.23. The molecule has 0 bridgehead atoms.